The molecule has 0 radical (unpaired) electrons. The topological polar surface area (TPSA) is 132 Å². The highest BCUT2D eigenvalue weighted by Crippen LogP contribution is 2.29. The Hall–Kier alpha value is -3.28. The highest BCUT2D eigenvalue weighted by atomic mass is 35.5. The number of esters is 1. The molecule has 1 saturated heterocycles. The average molecular weight is 519 g/mol. The largest absolute Gasteiger partial charge is 0.452 e. The summed E-state index contributed by atoms with van der Waals surface area (Å²) in [7, 11) is -3.89. The van der Waals surface area contributed by atoms with Crippen molar-refractivity contribution >= 4 is 39.5 Å². The van der Waals surface area contributed by atoms with Crippen LogP contribution in [0.25, 0.3) is 11.5 Å². The van der Waals surface area contributed by atoms with Crippen molar-refractivity contribution in [3.05, 3.63) is 59.1 Å². The van der Waals surface area contributed by atoms with Gasteiger partial charge in [-0.2, -0.15) is 4.31 Å². The van der Waals surface area contributed by atoms with Crippen LogP contribution in [0.3, 0.4) is 0 Å². The Kier molecular flexibility index (Phi) is 7.48. The molecule has 2 heterocycles. The lowest BCUT2D eigenvalue weighted by molar-refractivity contribution is -0.119. The molecule has 0 spiro atoms. The molecule has 1 fully saturated rings. The molecule has 1 aliphatic rings. The highest BCUT2D eigenvalue weighted by molar-refractivity contribution is 7.89. The molecule has 1 aromatic heterocycles. The number of hydrogen-bond donors (Lipinski definition) is 1. The molecule has 2 aromatic carbocycles. The van der Waals surface area contributed by atoms with Crippen LogP contribution in [0, 0.1) is 5.92 Å². The molecule has 0 saturated carbocycles. The number of aromatic nitrogens is 2. The van der Waals surface area contributed by atoms with Gasteiger partial charge in [0.2, 0.25) is 15.9 Å². The van der Waals surface area contributed by atoms with E-state index in [0.29, 0.717) is 18.7 Å². The SMILES string of the molecule is C[C@@H]1CCCN(S(=O)(=O)c2cc(C(=O)OCC(=O)Nc3nnc(-c4ccccc4)o3)ccc2Cl)C1. The predicted octanol–water partition coefficient (Wildman–Crippen LogP) is 3.61. The van der Waals surface area contributed by atoms with Gasteiger partial charge < -0.3 is 9.15 Å². The number of nitrogens with zero attached hydrogens (tertiary/aromatic N) is 3. The normalized spacial score (nSPS) is 16.6. The standard InChI is InChI=1S/C23H23ClN4O6S/c1-15-6-5-11-28(13-15)35(31,32)19-12-17(9-10-18(19)24)22(30)33-14-20(29)25-23-27-26-21(34-23)16-7-3-2-4-8-16/h2-4,7-10,12,15H,5-6,11,13-14H2,1H3,(H,25,27,29)/t15-/m1/s1. The van der Waals surface area contributed by atoms with Crippen LogP contribution in [0.15, 0.2) is 57.8 Å². The number of ether oxygens (including phenoxy) is 1. The van der Waals surface area contributed by atoms with Gasteiger partial charge in [-0.15, -0.1) is 5.10 Å². The molecular weight excluding hydrogens is 496 g/mol. The van der Waals surface area contributed by atoms with Crippen molar-refractivity contribution in [1.82, 2.24) is 14.5 Å². The molecule has 3 aromatic rings. The summed E-state index contributed by atoms with van der Waals surface area (Å²) in [4.78, 5) is 24.5. The minimum atomic E-state index is -3.89. The van der Waals surface area contributed by atoms with Gasteiger partial charge in [0.1, 0.15) is 4.90 Å². The van der Waals surface area contributed by atoms with Crippen molar-refractivity contribution in [2.75, 3.05) is 25.0 Å². The molecule has 35 heavy (non-hydrogen) atoms. The maximum Gasteiger partial charge on any atom is 0.338 e. The van der Waals surface area contributed by atoms with E-state index in [9.17, 15) is 18.0 Å². The van der Waals surface area contributed by atoms with E-state index >= 15 is 0 Å². The highest BCUT2D eigenvalue weighted by Gasteiger charge is 2.31. The van der Waals surface area contributed by atoms with Gasteiger partial charge in [0.15, 0.2) is 6.61 Å². The van der Waals surface area contributed by atoms with E-state index < -0.39 is 28.5 Å². The molecule has 1 atom stereocenters. The summed E-state index contributed by atoms with van der Waals surface area (Å²) in [6.45, 7) is 2.11. The van der Waals surface area contributed by atoms with Crippen molar-refractivity contribution in [3.63, 3.8) is 0 Å². The molecule has 10 nitrogen and oxygen atoms in total. The second-order valence-electron chi connectivity index (χ2n) is 8.16. The zero-order valence-electron chi connectivity index (χ0n) is 18.8. The van der Waals surface area contributed by atoms with Gasteiger partial charge in [0.25, 0.3) is 5.91 Å². The van der Waals surface area contributed by atoms with Crippen molar-refractivity contribution < 1.29 is 27.2 Å². The molecule has 1 N–H and O–H groups in total. The Labute approximate surface area is 207 Å². The molecule has 1 amide bonds. The van der Waals surface area contributed by atoms with E-state index in [0.717, 1.165) is 12.8 Å². The zero-order chi connectivity index (χ0) is 25.0. The van der Waals surface area contributed by atoms with Crippen molar-refractivity contribution in [1.29, 1.82) is 0 Å². The Morgan fingerprint density at radius 1 is 1.20 bits per heavy atom. The summed E-state index contributed by atoms with van der Waals surface area (Å²) in [6.07, 6.45) is 1.70. The Balaban J connectivity index is 1.39. The van der Waals surface area contributed by atoms with Crippen LogP contribution >= 0.6 is 11.6 Å². The Morgan fingerprint density at radius 2 is 1.97 bits per heavy atom. The quantitative estimate of drug-likeness (QED) is 0.469. The van der Waals surface area contributed by atoms with E-state index in [1.807, 2.05) is 13.0 Å². The number of halogens is 1. The third-order valence-electron chi connectivity index (χ3n) is 5.43. The first-order valence-electron chi connectivity index (χ1n) is 10.9. The maximum absolute atomic E-state index is 13.1. The van der Waals surface area contributed by atoms with Gasteiger partial charge in [-0.3, -0.25) is 10.1 Å². The molecular formula is C23H23ClN4O6S. The number of piperidine rings is 1. The monoisotopic (exact) mass is 518 g/mol. The summed E-state index contributed by atoms with van der Waals surface area (Å²) < 4.78 is 38.0. The zero-order valence-corrected chi connectivity index (χ0v) is 20.4. The first-order chi connectivity index (χ1) is 16.7. The maximum atomic E-state index is 13.1. The van der Waals surface area contributed by atoms with E-state index in [4.69, 9.17) is 20.8 Å². The van der Waals surface area contributed by atoms with Gasteiger partial charge in [-0.1, -0.05) is 41.8 Å². The van der Waals surface area contributed by atoms with Crippen LogP contribution in [0.5, 0.6) is 0 Å². The molecule has 12 heteroatoms. The van der Waals surface area contributed by atoms with Crippen molar-refractivity contribution in [2.45, 2.75) is 24.7 Å². The summed E-state index contributed by atoms with van der Waals surface area (Å²) >= 11 is 6.16. The first-order valence-corrected chi connectivity index (χ1v) is 12.7. The number of nitrogens with one attached hydrogen (secondary N) is 1. The van der Waals surface area contributed by atoms with Gasteiger partial charge in [0.05, 0.1) is 10.6 Å². The van der Waals surface area contributed by atoms with Crippen LogP contribution in [0.2, 0.25) is 5.02 Å². The van der Waals surface area contributed by atoms with Crippen LogP contribution < -0.4 is 5.32 Å². The van der Waals surface area contributed by atoms with E-state index in [1.165, 1.54) is 22.5 Å². The Bertz CT molecular complexity index is 1330. The minimum Gasteiger partial charge on any atom is -0.452 e. The molecule has 1 aliphatic heterocycles. The van der Waals surface area contributed by atoms with Crippen molar-refractivity contribution in [3.8, 4) is 11.5 Å². The number of amides is 1. The van der Waals surface area contributed by atoms with Crippen molar-refractivity contribution in [2.24, 2.45) is 5.92 Å². The van der Waals surface area contributed by atoms with Gasteiger partial charge in [-0.05, 0) is 49.1 Å². The number of benzene rings is 2. The lowest BCUT2D eigenvalue weighted by Crippen LogP contribution is -2.39. The van der Waals surface area contributed by atoms with E-state index in [-0.39, 0.29) is 33.3 Å². The minimum absolute atomic E-state index is 0.00290. The van der Waals surface area contributed by atoms with Gasteiger partial charge in [0, 0.05) is 18.7 Å². The lowest BCUT2D eigenvalue weighted by atomic mass is 10.0. The van der Waals surface area contributed by atoms with Crippen LogP contribution in [0.4, 0.5) is 6.01 Å². The third kappa shape index (κ3) is 5.87. The second-order valence-corrected chi connectivity index (χ2v) is 10.5. The number of hydrogen-bond acceptors (Lipinski definition) is 8. The van der Waals surface area contributed by atoms with Gasteiger partial charge in [-0.25, -0.2) is 13.2 Å². The molecule has 4 rings (SSSR count). The number of rotatable bonds is 7. The number of carbonyl (C=O) groups excluding carboxylic acids is 2. The lowest BCUT2D eigenvalue weighted by Gasteiger charge is -2.30. The van der Waals surface area contributed by atoms with Crippen LogP contribution in [-0.2, 0) is 19.6 Å². The Morgan fingerprint density at radius 3 is 2.71 bits per heavy atom. The summed E-state index contributed by atoms with van der Waals surface area (Å²) in [5.41, 5.74) is 0.634. The van der Waals surface area contributed by atoms with E-state index in [2.05, 4.69) is 15.5 Å². The number of anilines is 1. The van der Waals surface area contributed by atoms with Gasteiger partial charge >= 0.3 is 12.0 Å². The molecule has 184 valence electrons. The molecule has 0 unspecified atom stereocenters. The molecule has 0 bridgehead atoms. The van der Waals surface area contributed by atoms with Crippen LogP contribution in [-0.4, -0.2) is 54.5 Å². The van der Waals surface area contributed by atoms with Crippen LogP contribution in [0.1, 0.15) is 30.1 Å². The smallest absolute Gasteiger partial charge is 0.338 e. The molecule has 0 aliphatic carbocycles. The summed E-state index contributed by atoms with van der Waals surface area (Å²) in [6, 6.07) is 12.7. The number of sulfonamides is 1. The fourth-order valence-corrected chi connectivity index (χ4v) is 5.77. The fraction of sp³-hybridized carbons (Fsp3) is 0.304. The van der Waals surface area contributed by atoms with E-state index in [1.54, 1.807) is 24.3 Å². The second kappa shape index (κ2) is 10.5. The first kappa shape index (κ1) is 24.8. The number of carbonyl (C=O) groups is 2. The summed E-state index contributed by atoms with van der Waals surface area (Å²) in [5.74, 6) is -1.14. The summed E-state index contributed by atoms with van der Waals surface area (Å²) in [5, 5.41) is 9.95. The average Bonchev–Trinajstić information content (AvgIpc) is 3.31. The predicted molar refractivity (Wildman–Crippen MR) is 127 cm³/mol. The fourth-order valence-electron chi connectivity index (χ4n) is 3.67. The third-order valence-corrected chi connectivity index (χ3v) is 7.78.